The number of carbonyl (C=O) groups is 1. The Morgan fingerprint density at radius 2 is 1.90 bits per heavy atom. The standard InChI is InChI=1S/C32H34BrN5O2/c1-38-16-14-24(15-17-38)9-6-18-40-30-21-28-27(32(35-22-34-28)36-26-11-5-10-25(33)19-26)20-29(30)37-31(39)13-12-23-7-3-2-4-8-23/h2-5,7-8,10-13,19-22,24H,6,9,14-18H2,1H3,(H,37,39)(H,34,35,36). The van der Waals surface area contributed by atoms with Crippen molar-refractivity contribution in [1.82, 2.24) is 14.9 Å². The van der Waals surface area contributed by atoms with E-state index in [1.807, 2.05) is 66.7 Å². The number of piperidine rings is 1. The number of nitrogens with one attached hydrogen (secondary N) is 2. The summed E-state index contributed by atoms with van der Waals surface area (Å²) >= 11 is 3.52. The summed E-state index contributed by atoms with van der Waals surface area (Å²) in [4.78, 5) is 24.3. The van der Waals surface area contributed by atoms with Crippen LogP contribution < -0.4 is 15.4 Å². The van der Waals surface area contributed by atoms with E-state index in [-0.39, 0.29) is 5.91 Å². The lowest BCUT2D eigenvalue weighted by Crippen LogP contribution is -2.30. The van der Waals surface area contributed by atoms with Gasteiger partial charge in [0.15, 0.2) is 0 Å². The van der Waals surface area contributed by atoms with Gasteiger partial charge in [0.25, 0.3) is 0 Å². The first-order valence-corrected chi connectivity index (χ1v) is 14.5. The molecule has 8 heteroatoms. The highest BCUT2D eigenvalue weighted by Gasteiger charge is 2.17. The molecule has 3 aromatic carbocycles. The van der Waals surface area contributed by atoms with Gasteiger partial charge in [0.2, 0.25) is 5.91 Å². The normalized spacial score (nSPS) is 14.4. The first-order valence-electron chi connectivity index (χ1n) is 13.7. The van der Waals surface area contributed by atoms with Gasteiger partial charge in [-0.1, -0.05) is 52.3 Å². The molecule has 0 unspecified atom stereocenters. The number of rotatable bonds is 10. The Morgan fingerprint density at radius 3 is 2.70 bits per heavy atom. The number of hydrogen-bond donors (Lipinski definition) is 2. The van der Waals surface area contributed by atoms with Crippen molar-refractivity contribution in [3.63, 3.8) is 0 Å². The number of hydrogen-bond acceptors (Lipinski definition) is 6. The number of carbonyl (C=O) groups excluding carboxylic acids is 1. The number of halogens is 1. The molecule has 1 aliphatic rings. The van der Waals surface area contributed by atoms with Gasteiger partial charge in [0.1, 0.15) is 17.9 Å². The molecule has 206 valence electrons. The number of amides is 1. The van der Waals surface area contributed by atoms with Gasteiger partial charge in [-0.05, 0) is 87.6 Å². The molecular weight excluding hydrogens is 566 g/mol. The lowest BCUT2D eigenvalue weighted by atomic mass is 9.93. The lowest BCUT2D eigenvalue weighted by molar-refractivity contribution is -0.111. The number of benzene rings is 3. The monoisotopic (exact) mass is 599 g/mol. The minimum atomic E-state index is -0.238. The van der Waals surface area contributed by atoms with Crippen LogP contribution in [0.5, 0.6) is 5.75 Å². The molecule has 1 aromatic heterocycles. The highest BCUT2D eigenvalue weighted by molar-refractivity contribution is 9.10. The highest BCUT2D eigenvalue weighted by atomic mass is 79.9. The van der Waals surface area contributed by atoms with Gasteiger partial charge in [0, 0.05) is 27.7 Å². The van der Waals surface area contributed by atoms with Crippen LogP contribution in [-0.4, -0.2) is 47.5 Å². The summed E-state index contributed by atoms with van der Waals surface area (Å²) in [5.41, 5.74) is 3.16. The van der Waals surface area contributed by atoms with Gasteiger partial charge in [-0.3, -0.25) is 4.79 Å². The van der Waals surface area contributed by atoms with Crippen LogP contribution in [0.25, 0.3) is 17.0 Å². The number of likely N-dealkylation sites (tertiary alicyclic amines) is 1. The van der Waals surface area contributed by atoms with Crippen LogP contribution in [0.2, 0.25) is 0 Å². The van der Waals surface area contributed by atoms with E-state index in [1.165, 1.54) is 38.3 Å². The number of fused-ring (bicyclic) bond motifs is 1. The van der Waals surface area contributed by atoms with Gasteiger partial charge < -0.3 is 20.3 Å². The second kappa shape index (κ2) is 13.5. The van der Waals surface area contributed by atoms with Crippen molar-refractivity contribution in [2.75, 3.05) is 37.4 Å². The molecule has 0 bridgehead atoms. The zero-order chi connectivity index (χ0) is 27.7. The second-order valence-electron chi connectivity index (χ2n) is 10.2. The Morgan fingerprint density at radius 1 is 1.07 bits per heavy atom. The Balaban J connectivity index is 1.36. The smallest absolute Gasteiger partial charge is 0.248 e. The molecule has 40 heavy (non-hydrogen) atoms. The van der Waals surface area contributed by atoms with Crippen LogP contribution in [-0.2, 0) is 4.79 Å². The maximum absolute atomic E-state index is 12.9. The first kappa shape index (κ1) is 27.8. The third-order valence-electron chi connectivity index (χ3n) is 7.16. The van der Waals surface area contributed by atoms with E-state index in [0.717, 1.165) is 45.4 Å². The predicted molar refractivity (Wildman–Crippen MR) is 166 cm³/mol. The Bertz CT molecular complexity index is 1470. The Kier molecular flexibility index (Phi) is 9.42. The Labute approximate surface area is 243 Å². The summed E-state index contributed by atoms with van der Waals surface area (Å²) in [6.45, 7) is 2.91. The molecule has 0 spiro atoms. The first-order chi connectivity index (χ1) is 19.5. The average Bonchev–Trinajstić information content (AvgIpc) is 2.96. The molecule has 0 radical (unpaired) electrons. The zero-order valence-corrected chi connectivity index (χ0v) is 24.2. The van der Waals surface area contributed by atoms with E-state index in [4.69, 9.17) is 4.74 Å². The summed E-state index contributed by atoms with van der Waals surface area (Å²) in [6, 6.07) is 21.4. The molecule has 0 saturated carbocycles. The number of aromatic nitrogens is 2. The van der Waals surface area contributed by atoms with E-state index in [9.17, 15) is 4.79 Å². The average molecular weight is 601 g/mol. The van der Waals surface area contributed by atoms with Gasteiger partial charge in [0.05, 0.1) is 17.8 Å². The summed E-state index contributed by atoms with van der Waals surface area (Å²) < 4.78 is 7.22. The Hall–Kier alpha value is -3.75. The van der Waals surface area contributed by atoms with Crippen molar-refractivity contribution in [2.45, 2.75) is 25.7 Å². The van der Waals surface area contributed by atoms with E-state index in [1.54, 1.807) is 6.08 Å². The maximum Gasteiger partial charge on any atom is 0.248 e. The van der Waals surface area contributed by atoms with Gasteiger partial charge >= 0.3 is 0 Å². The van der Waals surface area contributed by atoms with Crippen LogP contribution >= 0.6 is 15.9 Å². The second-order valence-corrected chi connectivity index (χ2v) is 11.1. The predicted octanol–water partition coefficient (Wildman–Crippen LogP) is 7.29. The van der Waals surface area contributed by atoms with Crippen molar-refractivity contribution in [3.8, 4) is 5.75 Å². The fourth-order valence-corrected chi connectivity index (χ4v) is 5.32. The topological polar surface area (TPSA) is 79.4 Å². The van der Waals surface area contributed by atoms with Crippen molar-refractivity contribution < 1.29 is 9.53 Å². The van der Waals surface area contributed by atoms with Crippen LogP contribution in [0.1, 0.15) is 31.2 Å². The van der Waals surface area contributed by atoms with Crippen LogP contribution in [0.15, 0.2) is 83.6 Å². The molecule has 4 aromatic rings. The summed E-state index contributed by atoms with van der Waals surface area (Å²) in [7, 11) is 2.19. The van der Waals surface area contributed by atoms with Gasteiger partial charge in [-0.2, -0.15) is 0 Å². The number of anilines is 3. The van der Waals surface area contributed by atoms with Crippen LogP contribution in [0.4, 0.5) is 17.2 Å². The minimum Gasteiger partial charge on any atom is -0.491 e. The van der Waals surface area contributed by atoms with Crippen molar-refractivity contribution in [1.29, 1.82) is 0 Å². The lowest BCUT2D eigenvalue weighted by Gasteiger charge is -2.28. The van der Waals surface area contributed by atoms with E-state index >= 15 is 0 Å². The molecule has 2 N–H and O–H groups in total. The molecule has 1 saturated heterocycles. The molecule has 0 atom stereocenters. The third-order valence-corrected chi connectivity index (χ3v) is 7.65. The minimum absolute atomic E-state index is 0.238. The highest BCUT2D eigenvalue weighted by Crippen LogP contribution is 2.34. The molecule has 7 nitrogen and oxygen atoms in total. The fourth-order valence-electron chi connectivity index (χ4n) is 4.92. The maximum atomic E-state index is 12.9. The molecule has 5 rings (SSSR count). The van der Waals surface area contributed by atoms with Crippen molar-refractivity contribution in [3.05, 3.63) is 89.2 Å². The SMILES string of the molecule is CN1CCC(CCCOc2cc3ncnc(Nc4cccc(Br)c4)c3cc2NC(=O)C=Cc2ccccc2)CC1. The van der Waals surface area contributed by atoms with Crippen molar-refractivity contribution in [2.24, 2.45) is 5.92 Å². The third kappa shape index (κ3) is 7.67. The summed E-state index contributed by atoms with van der Waals surface area (Å²) in [5.74, 6) is 1.76. The van der Waals surface area contributed by atoms with Gasteiger partial charge in [-0.15, -0.1) is 0 Å². The molecule has 1 aliphatic heterocycles. The van der Waals surface area contributed by atoms with Crippen LogP contribution in [0.3, 0.4) is 0 Å². The zero-order valence-electron chi connectivity index (χ0n) is 22.6. The van der Waals surface area contributed by atoms with E-state index < -0.39 is 0 Å². The number of ether oxygens (including phenoxy) is 1. The molecular formula is C32H34BrN5O2. The fraction of sp³-hybridized carbons (Fsp3) is 0.281. The molecule has 1 fully saturated rings. The quantitative estimate of drug-likeness (QED) is 0.147. The molecule has 0 aliphatic carbocycles. The largest absolute Gasteiger partial charge is 0.491 e. The molecule has 2 heterocycles. The van der Waals surface area contributed by atoms with E-state index in [0.29, 0.717) is 23.9 Å². The molecule has 1 amide bonds. The van der Waals surface area contributed by atoms with E-state index in [2.05, 4.69) is 48.5 Å². The van der Waals surface area contributed by atoms with Crippen molar-refractivity contribution >= 4 is 56.0 Å². The summed E-state index contributed by atoms with van der Waals surface area (Å²) in [6.07, 6.45) is 9.46. The number of nitrogens with zero attached hydrogens (tertiary/aromatic N) is 3. The van der Waals surface area contributed by atoms with Crippen LogP contribution in [0, 0.1) is 5.92 Å². The summed E-state index contributed by atoms with van der Waals surface area (Å²) in [5, 5.41) is 7.18. The van der Waals surface area contributed by atoms with Gasteiger partial charge in [-0.25, -0.2) is 9.97 Å².